The Balaban J connectivity index is 0.00000324. The molecule has 0 bridgehead atoms. The minimum absolute atomic E-state index is 0. The number of alkyl halides is 3. The molecule has 0 aromatic heterocycles. The lowest BCUT2D eigenvalue weighted by Gasteiger charge is -2.13. The third kappa shape index (κ3) is 6.27. The highest BCUT2D eigenvalue weighted by atomic mass is 35.5. The summed E-state index contributed by atoms with van der Waals surface area (Å²) in [5, 5.41) is 0. The van der Waals surface area contributed by atoms with Crippen molar-refractivity contribution in [3.05, 3.63) is 35.4 Å². The average molecular weight is 298 g/mol. The molecule has 1 rings (SSSR count). The second-order valence-electron chi connectivity index (χ2n) is 4.21. The van der Waals surface area contributed by atoms with Crippen LogP contribution in [0.1, 0.15) is 36.4 Å². The minimum Gasteiger partial charge on any atom is -0.385 e. The third-order valence-corrected chi connectivity index (χ3v) is 2.78. The molecule has 0 heterocycles. The largest absolute Gasteiger partial charge is 0.416 e. The Bertz CT molecular complexity index is 354. The lowest BCUT2D eigenvalue weighted by atomic mass is 10.0. The highest BCUT2D eigenvalue weighted by molar-refractivity contribution is 5.85. The maximum atomic E-state index is 12.4. The molecule has 1 atom stereocenters. The molecule has 0 saturated carbocycles. The molecule has 0 spiro atoms. The summed E-state index contributed by atoms with van der Waals surface area (Å²) in [6.07, 6.45) is -1.74. The van der Waals surface area contributed by atoms with E-state index in [0.717, 1.165) is 37.0 Å². The van der Waals surface area contributed by atoms with Gasteiger partial charge in [0.15, 0.2) is 0 Å². The SMILES string of the molecule is COCCCCC(N)c1ccc(C(F)(F)F)cc1.Cl. The first-order chi connectivity index (χ1) is 8.45. The highest BCUT2D eigenvalue weighted by Gasteiger charge is 2.30. The van der Waals surface area contributed by atoms with Crippen molar-refractivity contribution in [2.24, 2.45) is 5.73 Å². The van der Waals surface area contributed by atoms with Crippen molar-refractivity contribution in [3.63, 3.8) is 0 Å². The van der Waals surface area contributed by atoms with Crippen molar-refractivity contribution >= 4 is 12.4 Å². The van der Waals surface area contributed by atoms with Gasteiger partial charge in [-0.25, -0.2) is 0 Å². The number of hydrogen-bond donors (Lipinski definition) is 1. The Morgan fingerprint density at radius 2 is 1.74 bits per heavy atom. The molecule has 0 aliphatic heterocycles. The van der Waals surface area contributed by atoms with Gasteiger partial charge in [-0.2, -0.15) is 13.2 Å². The molecular formula is C13H19ClF3NO. The van der Waals surface area contributed by atoms with Crippen molar-refractivity contribution in [1.82, 2.24) is 0 Å². The van der Waals surface area contributed by atoms with E-state index in [2.05, 4.69) is 0 Å². The zero-order chi connectivity index (χ0) is 13.6. The number of benzene rings is 1. The van der Waals surface area contributed by atoms with Crippen LogP contribution >= 0.6 is 12.4 Å². The summed E-state index contributed by atoms with van der Waals surface area (Å²) < 4.78 is 42.0. The van der Waals surface area contributed by atoms with E-state index in [0.29, 0.717) is 6.61 Å². The predicted octanol–water partition coefficient (Wildman–Crippen LogP) is 3.94. The topological polar surface area (TPSA) is 35.2 Å². The Morgan fingerprint density at radius 3 is 2.21 bits per heavy atom. The Hall–Kier alpha value is -0.780. The first-order valence-corrected chi connectivity index (χ1v) is 5.87. The molecule has 2 N–H and O–H groups in total. The molecule has 0 radical (unpaired) electrons. The van der Waals surface area contributed by atoms with Gasteiger partial charge in [0.2, 0.25) is 0 Å². The molecule has 110 valence electrons. The molecule has 19 heavy (non-hydrogen) atoms. The summed E-state index contributed by atoms with van der Waals surface area (Å²) in [5.74, 6) is 0. The van der Waals surface area contributed by atoms with Crippen LogP contribution in [0.5, 0.6) is 0 Å². The number of methoxy groups -OCH3 is 1. The maximum absolute atomic E-state index is 12.4. The van der Waals surface area contributed by atoms with Gasteiger partial charge in [0, 0.05) is 19.8 Å². The quantitative estimate of drug-likeness (QED) is 0.807. The minimum atomic E-state index is -4.29. The van der Waals surface area contributed by atoms with Crippen LogP contribution in [0.25, 0.3) is 0 Å². The number of ether oxygens (including phenoxy) is 1. The first kappa shape index (κ1) is 18.2. The van der Waals surface area contributed by atoms with Gasteiger partial charge in [-0.1, -0.05) is 12.1 Å². The van der Waals surface area contributed by atoms with Gasteiger partial charge in [-0.15, -0.1) is 12.4 Å². The van der Waals surface area contributed by atoms with Crippen molar-refractivity contribution in [1.29, 1.82) is 0 Å². The fourth-order valence-electron chi connectivity index (χ4n) is 1.70. The van der Waals surface area contributed by atoms with E-state index in [1.54, 1.807) is 7.11 Å². The van der Waals surface area contributed by atoms with Gasteiger partial charge >= 0.3 is 6.18 Å². The van der Waals surface area contributed by atoms with E-state index in [9.17, 15) is 13.2 Å². The van der Waals surface area contributed by atoms with Gasteiger partial charge in [-0.05, 0) is 37.0 Å². The smallest absolute Gasteiger partial charge is 0.385 e. The van der Waals surface area contributed by atoms with Crippen molar-refractivity contribution < 1.29 is 17.9 Å². The van der Waals surface area contributed by atoms with E-state index in [1.165, 1.54) is 12.1 Å². The first-order valence-electron chi connectivity index (χ1n) is 5.87. The van der Waals surface area contributed by atoms with Gasteiger partial charge in [0.25, 0.3) is 0 Å². The summed E-state index contributed by atoms with van der Waals surface area (Å²) in [4.78, 5) is 0. The van der Waals surface area contributed by atoms with E-state index < -0.39 is 11.7 Å². The zero-order valence-corrected chi connectivity index (χ0v) is 11.6. The Kier molecular flexibility index (Phi) is 8.06. The summed E-state index contributed by atoms with van der Waals surface area (Å²) in [7, 11) is 1.63. The number of unbranched alkanes of at least 4 members (excludes halogenated alkanes) is 1. The van der Waals surface area contributed by atoms with Crippen molar-refractivity contribution in [3.8, 4) is 0 Å². The molecule has 1 aromatic carbocycles. The molecule has 0 aliphatic rings. The second-order valence-corrected chi connectivity index (χ2v) is 4.21. The Morgan fingerprint density at radius 1 is 1.16 bits per heavy atom. The summed E-state index contributed by atoms with van der Waals surface area (Å²) in [6.45, 7) is 0.680. The molecule has 6 heteroatoms. The van der Waals surface area contributed by atoms with E-state index >= 15 is 0 Å². The fraction of sp³-hybridized carbons (Fsp3) is 0.538. The van der Waals surface area contributed by atoms with Crippen LogP contribution in [-0.2, 0) is 10.9 Å². The van der Waals surface area contributed by atoms with E-state index in [4.69, 9.17) is 10.5 Å². The van der Waals surface area contributed by atoms with Gasteiger partial charge in [-0.3, -0.25) is 0 Å². The van der Waals surface area contributed by atoms with Crippen LogP contribution in [0, 0.1) is 0 Å². The molecular weight excluding hydrogens is 279 g/mol. The van der Waals surface area contributed by atoms with Crippen LogP contribution in [0.4, 0.5) is 13.2 Å². The van der Waals surface area contributed by atoms with Gasteiger partial charge in [0.1, 0.15) is 0 Å². The summed E-state index contributed by atoms with van der Waals surface area (Å²) in [5.41, 5.74) is 6.01. The number of rotatable bonds is 6. The van der Waals surface area contributed by atoms with E-state index in [-0.39, 0.29) is 18.4 Å². The fourth-order valence-corrected chi connectivity index (χ4v) is 1.70. The standard InChI is InChI=1S/C13H18F3NO.ClH/c1-18-9-3-2-4-12(17)10-5-7-11(8-6-10)13(14,15)16;/h5-8,12H,2-4,9,17H2,1H3;1H. The summed E-state index contributed by atoms with van der Waals surface area (Å²) in [6, 6.07) is 4.83. The highest BCUT2D eigenvalue weighted by Crippen LogP contribution is 2.30. The van der Waals surface area contributed by atoms with Crippen LogP contribution in [-0.4, -0.2) is 13.7 Å². The van der Waals surface area contributed by atoms with Gasteiger partial charge < -0.3 is 10.5 Å². The number of halogens is 4. The molecule has 2 nitrogen and oxygen atoms in total. The molecule has 0 fully saturated rings. The van der Waals surface area contributed by atoms with Crippen molar-refractivity contribution in [2.45, 2.75) is 31.5 Å². The predicted molar refractivity (Wildman–Crippen MR) is 71.3 cm³/mol. The van der Waals surface area contributed by atoms with Crippen LogP contribution in [0.3, 0.4) is 0 Å². The molecule has 1 aromatic rings. The monoisotopic (exact) mass is 297 g/mol. The van der Waals surface area contributed by atoms with Crippen molar-refractivity contribution in [2.75, 3.05) is 13.7 Å². The van der Waals surface area contributed by atoms with E-state index in [1.807, 2.05) is 0 Å². The molecule has 0 aliphatic carbocycles. The average Bonchev–Trinajstić information content (AvgIpc) is 2.33. The van der Waals surface area contributed by atoms with Crippen LogP contribution < -0.4 is 5.73 Å². The van der Waals surface area contributed by atoms with Crippen LogP contribution in [0.2, 0.25) is 0 Å². The molecule has 0 amide bonds. The van der Waals surface area contributed by atoms with Gasteiger partial charge in [0.05, 0.1) is 5.56 Å². The molecule has 0 saturated heterocycles. The number of nitrogens with two attached hydrogens (primary N) is 1. The third-order valence-electron chi connectivity index (χ3n) is 2.78. The second kappa shape index (κ2) is 8.40. The maximum Gasteiger partial charge on any atom is 0.416 e. The Labute approximate surface area is 117 Å². The lowest BCUT2D eigenvalue weighted by molar-refractivity contribution is -0.137. The lowest BCUT2D eigenvalue weighted by Crippen LogP contribution is -2.11. The molecule has 1 unspecified atom stereocenters. The zero-order valence-electron chi connectivity index (χ0n) is 10.7. The normalized spacial score (nSPS) is 12.9. The number of hydrogen-bond acceptors (Lipinski definition) is 2. The van der Waals surface area contributed by atoms with Crippen LogP contribution in [0.15, 0.2) is 24.3 Å². The summed E-state index contributed by atoms with van der Waals surface area (Å²) >= 11 is 0.